The highest BCUT2D eigenvalue weighted by molar-refractivity contribution is 5.38. The molecule has 0 amide bonds. The fourth-order valence-corrected chi connectivity index (χ4v) is 6.17. The zero-order valence-corrected chi connectivity index (χ0v) is 24.0. The van der Waals surface area contributed by atoms with Crippen molar-refractivity contribution in [3.63, 3.8) is 0 Å². The zero-order chi connectivity index (χ0) is 29.4. The van der Waals surface area contributed by atoms with Crippen LogP contribution in [0, 0.1) is 29.2 Å². The van der Waals surface area contributed by atoms with E-state index in [1.165, 1.54) is 6.07 Å². The largest absolute Gasteiger partial charge is 0.490 e. The Hall–Kier alpha value is -2.86. The van der Waals surface area contributed by atoms with Crippen LogP contribution >= 0.6 is 0 Å². The number of halogens is 4. The SMILES string of the molecule is C=CCCCOc1ccc(CCC2=CCC(c3ccc(C4CCC(C(O)CCC)CC4)c(F)c3F)C=C2)c(F)c1F. The molecular formula is C35H42F4O2. The molecule has 41 heavy (non-hydrogen) atoms. The highest BCUT2D eigenvalue weighted by Gasteiger charge is 2.30. The van der Waals surface area contributed by atoms with Gasteiger partial charge in [0.1, 0.15) is 0 Å². The van der Waals surface area contributed by atoms with Crippen LogP contribution < -0.4 is 4.74 Å². The van der Waals surface area contributed by atoms with E-state index in [0.717, 1.165) is 50.5 Å². The minimum Gasteiger partial charge on any atom is -0.490 e. The third kappa shape index (κ3) is 7.71. The normalized spacial score (nSPS) is 21.4. The second-order valence-corrected chi connectivity index (χ2v) is 11.5. The molecule has 1 N–H and O–H groups in total. The molecule has 2 aliphatic carbocycles. The zero-order valence-electron chi connectivity index (χ0n) is 24.0. The monoisotopic (exact) mass is 570 g/mol. The molecule has 2 aromatic rings. The maximum absolute atomic E-state index is 15.2. The second-order valence-electron chi connectivity index (χ2n) is 11.5. The summed E-state index contributed by atoms with van der Waals surface area (Å²) in [5.74, 6) is -3.57. The Balaban J connectivity index is 1.32. The highest BCUT2D eigenvalue weighted by atomic mass is 19.2. The Morgan fingerprint density at radius 3 is 2.37 bits per heavy atom. The molecule has 0 aromatic heterocycles. The van der Waals surface area contributed by atoms with Gasteiger partial charge in [0.15, 0.2) is 23.2 Å². The summed E-state index contributed by atoms with van der Waals surface area (Å²) in [6.45, 7) is 5.97. The standard InChI is InChI=1S/C35H42F4O2/c1-3-5-6-22-41-31-21-18-27(32(36)35(31)39)13-10-23-8-11-24(12-9-23)28-19-20-29(34(38)33(28)37)25-14-16-26(17-15-25)30(40)7-4-2/h3,8-9,11,18-21,24-26,30,40H,1,4-7,10,12-17,22H2,2H3. The van der Waals surface area contributed by atoms with Gasteiger partial charge in [-0.05, 0) is 98.8 Å². The van der Waals surface area contributed by atoms with Gasteiger partial charge in [-0.15, -0.1) is 6.58 Å². The van der Waals surface area contributed by atoms with E-state index >= 15 is 8.78 Å². The second kappa shape index (κ2) is 14.9. The molecule has 222 valence electrons. The van der Waals surface area contributed by atoms with Crippen molar-refractivity contribution in [2.45, 2.75) is 95.5 Å². The maximum atomic E-state index is 15.2. The van der Waals surface area contributed by atoms with Crippen LogP contribution in [0.1, 0.15) is 99.7 Å². The fourth-order valence-electron chi connectivity index (χ4n) is 6.17. The summed E-state index contributed by atoms with van der Waals surface area (Å²) in [4.78, 5) is 0. The molecule has 2 atom stereocenters. The highest BCUT2D eigenvalue weighted by Crippen LogP contribution is 2.41. The Kier molecular flexibility index (Phi) is 11.3. The minimum absolute atomic E-state index is 0.0276. The van der Waals surface area contributed by atoms with Crippen molar-refractivity contribution in [2.24, 2.45) is 5.92 Å². The molecule has 4 rings (SSSR count). The molecule has 1 fully saturated rings. The molecule has 2 aliphatic rings. The van der Waals surface area contributed by atoms with Gasteiger partial charge in [0.05, 0.1) is 12.7 Å². The van der Waals surface area contributed by atoms with E-state index in [0.29, 0.717) is 43.4 Å². The predicted molar refractivity (Wildman–Crippen MR) is 156 cm³/mol. The number of allylic oxidation sites excluding steroid dienone is 5. The predicted octanol–water partition coefficient (Wildman–Crippen LogP) is 9.63. The van der Waals surface area contributed by atoms with Crippen molar-refractivity contribution in [3.05, 3.63) is 101 Å². The van der Waals surface area contributed by atoms with E-state index in [9.17, 15) is 13.9 Å². The van der Waals surface area contributed by atoms with Gasteiger partial charge >= 0.3 is 0 Å². The first-order chi connectivity index (χ1) is 19.8. The van der Waals surface area contributed by atoms with E-state index in [4.69, 9.17) is 4.74 Å². The number of benzene rings is 2. The Morgan fingerprint density at radius 2 is 1.68 bits per heavy atom. The molecule has 2 unspecified atom stereocenters. The van der Waals surface area contributed by atoms with E-state index in [1.807, 2.05) is 18.2 Å². The van der Waals surface area contributed by atoms with Crippen molar-refractivity contribution < 1.29 is 27.4 Å². The lowest BCUT2D eigenvalue weighted by Crippen LogP contribution is -2.25. The van der Waals surface area contributed by atoms with Crippen LogP contribution in [0.2, 0.25) is 0 Å². The Bertz CT molecular complexity index is 1240. The molecule has 0 heterocycles. The minimum atomic E-state index is -0.975. The van der Waals surface area contributed by atoms with Crippen LogP contribution in [0.5, 0.6) is 5.75 Å². The summed E-state index contributed by atoms with van der Waals surface area (Å²) in [5.41, 5.74) is 2.00. The lowest BCUT2D eigenvalue weighted by Gasteiger charge is -2.32. The molecule has 2 nitrogen and oxygen atoms in total. The summed E-state index contributed by atoms with van der Waals surface area (Å²) in [5, 5.41) is 10.3. The van der Waals surface area contributed by atoms with Gasteiger partial charge in [-0.2, -0.15) is 4.39 Å². The third-order valence-corrected chi connectivity index (χ3v) is 8.68. The fraction of sp³-hybridized carbons (Fsp3) is 0.486. The molecule has 0 bridgehead atoms. The summed E-state index contributed by atoms with van der Waals surface area (Å²) in [6.07, 6.45) is 14.8. The van der Waals surface area contributed by atoms with E-state index in [2.05, 4.69) is 13.5 Å². The number of unbranched alkanes of at least 4 members (excludes halogenated alkanes) is 1. The number of aliphatic hydroxyl groups is 1. The first kappa shape index (κ1) is 31.1. The van der Waals surface area contributed by atoms with E-state index in [1.54, 1.807) is 24.3 Å². The Morgan fingerprint density at radius 1 is 0.951 bits per heavy atom. The van der Waals surface area contributed by atoms with Crippen LogP contribution in [-0.4, -0.2) is 17.8 Å². The molecule has 0 saturated heterocycles. The van der Waals surface area contributed by atoms with Crippen LogP contribution in [0.15, 0.2) is 60.7 Å². The van der Waals surface area contributed by atoms with Gasteiger partial charge in [0.25, 0.3) is 0 Å². The first-order valence-electron chi connectivity index (χ1n) is 15.1. The number of rotatable bonds is 13. The van der Waals surface area contributed by atoms with Crippen molar-refractivity contribution >= 4 is 0 Å². The summed E-state index contributed by atoms with van der Waals surface area (Å²) in [7, 11) is 0. The average Bonchev–Trinajstić information content (AvgIpc) is 2.99. The molecule has 0 aliphatic heterocycles. The van der Waals surface area contributed by atoms with Crippen molar-refractivity contribution in [1.82, 2.24) is 0 Å². The number of hydrogen-bond acceptors (Lipinski definition) is 2. The van der Waals surface area contributed by atoms with Crippen molar-refractivity contribution in [1.29, 1.82) is 0 Å². The molecule has 0 radical (unpaired) electrons. The van der Waals surface area contributed by atoms with Gasteiger partial charge in [0.2, 0.25) is 5.82 Å². The number of aryl methyl sites for hydroxylation is 1. The van der Waals surface area contributed by atoms with Crippen molar-refractivity contribution in [3.8, 4) is 5.75 Å². The lowest BCUT2D eigenvalue weighted by atomic mass is 9.75. The van der Waals surface area contributed by atoms with Crippen LogP contribution in [0.25, 0.3) is 0 Å². The molecule has 6 heteroatoms. The van der Waals surface area contributed by atoms with Gasteiger partial charge in [-0.3, -0.25) is 0 Å². The summed E-state index contributed by atoms with van der Waals surface area (Å²) >= 11 is 0. The van der Waals surface area contributed by atoms with E-state index < -0.39 is 23.3 Å². The van der Waals surface area contributed by atoms with Crippen molar-refractivity contribution in [2.75, 3.05) is 6.61 Å². The number of hydrogen-bond donors (Lipinski definition) is 1. The summed E-state index contributed by atoms with van der Waals surface area (Å²) < 4.78 is 64.9. The topological polar surface area (TPSA) is 29.5 Å². The van der Waals surface area contributed by atoms with Gasteiger partial charge in [-0.1, -0.05) is 61.4 Å². The lowest BCUT2D eigenvalue weighted by molar-refractivity contribution is 0.0727. The quantitative estimate of drug-likeness (QED) is 0.148. The number of aliphatic hydroxyl groups excluding tert-OH is 1. The van der Waals surface area contributed by atoms with Crippen LogP contribution in [0.3, 0.4) is 0 Å². The van der Waals surface area contributed by atoms with Gasteiger partial charge in [0, 0.05) is 5.92 Å². The molecule has 0 spiro atoms. The first-order valence-corrected chi connectivity index (χ1v) is 15.1. The third-order valence-electron chi connectivity index (χ3n) is 8.68. The van der Waals surface area contributed by atoms with Gasteiger partial charge < -0.3 is 9.84 Å². The van der Waals surface area contributed by atoms with Crippen LogP contribution in [0.4, 0.5) is 17.6 Å². The summed E-state index contributed by atoms with van der Waals surface area (Å²) in [6, 6.07) is 6.46. The number of ether oxygens (including phenoxy) is 1. The maximum Gasteiger partial charge on any atom is 0.200 e. The molecule has 2 aromatic carbocycles. The van der Waals surface area contributed by atoms with E-state index in [-0.39, 0.29) is 35.2 Å². The van der Waals surface area contributed by atoms with Gasteiger partial charge in [-0.25, -0.2) is 13.2 Å². The van der Waals surface area contributed by atoms with Crippen LogP contribution in [-0.2, 0) is 6.42 Å². The average molecular weight is 571 g/mol. The molecular weight excluding hydrogens is 528 g/mol. The Labute approximate surface area is 241 Å². The smallest absolute Gasteiger partial charge is 0.200 e. The molecule has 1 saturated carbocycles.